The Kier molecular flexibility index (Phi) is 9.62. The first-order valence-corrected chi connectivity index (χ1v) is 9.50. The highest BCUT2D eigenvalue weighted by Gasteiger charge is 2.18. The van der Waals surface area contributed by atoms with Crippen molar-refractivity contribution in [2.75, 3.05) is 45.9 Å². The highest BCUT2D eigenvalue weighted by atomic mass is 16.3. The lowest BCUT2D eigenvalue weighted by Crippen LogP contribution is -2.46. The molecular formula is C19H40N2O. The van der Waals surface area contributed by atoms with Crippen LogP contribution in [0.3, 0.4) is 0 Å². The molecule has 0 radical (unpaired) electrons. The minimum absolute atomic E-state index is 0.350. The molecule has 0 aliphatic carbocycles. The van der Waals surface area contributed by atoms with Crippen LogP contribution in [0.15, 0.2) is 0 Å². The zero-order chi connectivity index (χ0) is 16.4. The normalized spacial score (nSPS) is 19.5. The van der Waals surface area contributed by atoms with Crippen molar-refractivity contribution in [3.05, 3.63) is 0 Å². The molecule has 1 rings (SSSR count). The summed E-state index contributed by atoms with van der Waals surface area (Å²) in [6.45, 7) is 17.0. The summed E-state index contributed by atoms with van der Waals surface area (Å²) in [5, 5.41) is 9.24. The maximum Gasteiger partial charge on any atom is 0.0433 e. The summed E-state index contributed by atoms with van der Waals surface area (Å²) in [4.78, 5) is 5.18. The summed E-state index contributed by atoms with van der Waals surface area (Å²) < 4.78 is 0. The summed E-state index contributed by atoms with van der Waals surface area (Å²) >= 11 is 0. The zero-order valence-electron chi connectivity index (χ0n) is 15.6. The van der Waals surface area contributed by atoms with Crippen LogP contribution in [0.25, 0.3) is 0 Å². The van der Waals surface area contributed by atoms with E-state index in [0.29, 0.717) is 17.9 Å². The molecule has 0 aromatic carbocycles. The van der Waals surface area contributed by atoms with Gasteiger partial charge in [0.15, 0.2) is 0 Å². The molecule has 1 heterocycles. The fourth-order valence-electron chi connectivity index (χ4n) is 3.67. The minimum Gasteiger partial charge on any atom is -0.396 e. The first kappa shape index (κ1) is 19.9. The van der Waals surface area contributed by atoms with Gasteiger partial charge in [0, 0.05) is 32.8 Å². The van der Waals surface area contributed by atoms with Crippen molar-refractivity contribution in [3.8, 4) is 0 Å². The maximum absolute atomic E-state index is 9.24. The monoisotopic (exact) mass is 312 g/mol. The average molecular weight is 313 g/mol. The Morgan fingerprint density at radius 1 is 0.909 bits per heavy atom. The summed E-state index contributed by atoms with van der Waals surface area (Å²) in [7, 11) is 0. The third kappa shape index (κ3) is 9.12. The van der Waals surface area contributed by atoms with Gasteiger partial charge in [0.1, 0.15) is 0 Å². The van der Waals surface area contributed by atoms with E-state index in [4.69, 9.17) is 0 Å². The van der Waals surface area contributed by atoms with Crippen molar-refractivity contribution >= 4 is 0 Å². The van der Waals surface area contributed by atoms with Crippen LogP contribution >= 0.6 is 0 Å². The van der Waals surface area contributed by atoms with Crippen LogP contribution in [0.2, 0.25) is 0 Å². The van der Waals surface area contributed by atoms with Gasteiger partial charge in [-0.25, -0.2) is 0 Å². The van der Waals surface area contributed by atoms with Gasteiger partial charge in [0.05, 0.1) is 0 Å². The fraction of sp³-hybridized carbons (Fsp3) is 1.00. The van der Waals surface area contributed by atoms with Gasteiger partial charge in [-0.3, -0.25) is 0 Å². The summed E-state index contributed by atoms with van der Waals surface area (Å²) in [6, 6.07) is 0. The third-order valence-electron chi connectivity index (χ3n) is 4.94. The first-order valence-electron chi connectivity index (χ1n) is 9.50. The second-order valence-corrected chi connectivity index (χ2v) is 8.27. The summed E-state index contributed by atoms with van der Waals surface area (Å²) in [6.07, 6.45) is 7.54. The second kappa shape index (κ2) is 10.6. The van der Waals surface area contributed by atoms with Crippen molar-refractivity contribution in [3.63, 3.8) is 0 Å². The molecule has 1 saturated heterocycles. The molecule has 0 amide bonds. The van der Waals surface area contributed by atoms with Crippen molar-refractivity contribution in [1.29, 1.82) is 0 Å². The van der Waals surface area contributed by atoms with Gasteiger partial charge in [-0.2, -0.15) is 0 Å². The van der Waals surface area contributed by atoms with E-state index < -0.39 is 0 Å². The van der Waals surface area contributed by atoms with Crippen LogP contribution in [-0.4, -0.2) is 60.8 Å². The van der Waals surface area contributed by atoms with E-state index in [1.54, 1.807) is 0 Å². The van der Waals surface area contributed by atoms with Gasteiger partial charge in [-0.15, -0.1) is 0 Å². The molecule has 0 spiro atoms. The third-order valence-corrected chi connectivity index (χ3v) is 4.94. The van der Waals surface area contributed by atoms with E-state index in [9.17, 15) is 5.11 Å². The highest BCUT2D eigenvalue weighted by Crippen LogP contribution is 2.29. The fourth-order valence-corrected chi connectivity index (χ4v) is 3.67. The van der Waals surface area contributed by atoms with E-state index in [-0.39, 0.29) is 0 Å². The molecule has 0 bridgehead atoms. The van der Waals surface area contributed by atoms with Gasteiger partial charge < -0.3 is 14.9 Å². The molecule has 3 nitrogen and oxygen atoms in total. The van der Waals surface area contributed by atoms with Crippen molar-refractivity contribution in [1.82, 2.24) is 9.80 Å². The standard InChI is InChI=1S/C19H40N2O/c1-5-20-12-14-21(15-13-20)11-8-6-7-9-18(10-16-22)17-19(2,3)4/h18,22H,5-17H2,1-4H3/t18-/m0/s1. The maximum atomic E-state index is 9.24. The zero-order valence-corrected chi connectivity index (χ0v) is 15.6. The topological polar surface area (TPSA) is 26.7 Å². The summed E-state index contributed by atoms with van der Waals surface area (Å²) in [5.41, 5.74) is 0.388. The smallest absolute Gasteiger partial charge is 0.0433 e. The molecule has 0 unspecified atom stereocenters. The Balaban J connectivity index is 2.08. The second-order valence-electron chi connectivity index (χ2n) is 8.27. The number of likely N-dealkylation sites (N-methyl/N-ethyl adjacent to an activating group) is 1. The van der Waals surface area contributed by atoms with E-state index >= 15 is 0 Å². The molecular weight excluding hydrogens is 272 g/mol. The van der Waals surface area contributed by atoms with Crippen LogP contribution in [-0.2, 0) is 0 Å². The lowest BCUT2D eigenvalue weighted by molar-refractivity contribution is 0.135. The van der Waals surface area contributed by atoms with E-state index in [1.807, 2.05) is 0 Å². The Labute approximate surface area is 139 Å². The largest absolute Gasteiger partial charge is 0.396 e. The lowest BCUT2D eigenvalue weighted by Gasteiger charge is -2.34. The number of unbranched alkanes of at least 4 members (excludes halogenated alkanes) is 2. The van der Waals surface area contributed by atoms with Crippen LogP contribution < -0.4 is 0 Å². The quantitative estimate of drug-likeness (QED) is 0.624. The van der Waals surface area contributed by atoms with E-state index in [2.05, 4.69) is 37.5 Å². The Hall–Kier alpha value is -0.120. The van der Waals surface area contributed by atoms with Crippen LogP contribution in [0.1, 0.15) is 66.2 Å². The highest BCUT2D eigenvalue weighted by molar-refractivity contribution is 4.72. The molecule has 1 aliphatic rings. The molecule has 0 saturated carbocycles. The Morgan fingerprint density at radius 3 is 2.09 bits per heavy atom. The van der Waals surface area contributed by atoms with E-state index in [0.717, 1.165) is 6.42 Å². The van der Waals surface area contributed by atoms with Crippen molar-refractivity contribution in [2.24, 2.45) is 11.3 Å². The molecule has 3 heteroatoms. The SMILES string of the molecule is CCN1CCN(CCCCC[C@@H](CCO)CC(C)(C)C)CC1. The van der Waals surface area contributed by atoms with Crippen LogP contribution in [0.4, 0.5) is 0 Å². The number of nitrogens with zero attached hydrogens (tertiary/aromatic N) is 2. The molecule has 0 aromatic rings. The number of hydrogen-bond acceptors (Lipinski definition) is 3. The van der Waals surface area contributed by atoms with Gasteiger partial charge in [0.2, 0.25) is 0 Å². The van der Waals surface area contributed by atoms with Crippen LogP contribution in [0, 0.1) is 11.3 Å². The molecule has 132 valence electrons. The molecule has 1 atom stereocenters. The van der Waals surface area contributed by atoms with Gasteiger partial charge in [0.25, 0.3) is 0 Å². The summed E-state index contributed by atoms with van der Waals surface area (Å²) in [5.74, 6) is 0.707. The predicted octanol–water partition coefficient (Wildman–Crippen LogP) is 3.62. The number of aliphatic hydroxyl groups is 1. The number of rotatable bonds is 10. The predicted molar refractivity (Wildman–Crippen MR) is 96.3 cm³/mol. The van der Waals surface area contributed by atoms with Gasteiger partial charge in [-0.05, 0) is 43.7 Å². The molecule has 22 heavy (non-hydrogen) atoms. The molecule has 1 aliphatic heterocycles. The molecule has 1 fully saturated rings. The van der Waals surface area contributed by atoms with Crippen LogP contribution in [0.5, 0.6) is 0 Å². The van der Waals surface area contributed by atoms with Gasteiger partial charge in [-0.1, -0.05) is 47.0 Å². The Morgan fingerprint density at radius 2 is 1.55 bits per heavy atom. The lowest BCUT2D eigenvalue weighted by atomic mass is 9.81. The average Bonchev–Trinajstić information content (AvgIpc) is 2.46. The number of aliphatic hydroxyl groups excluding tert-OH is 1. The van der Waals surface area contributed by atoms with E-state index in [1.165, 1.54) is 71.4 Å². The van der Waals surface area contributed by atoms with Crippen molar-refractivity contribution in [2.45, 2.75) is 66.2 Å². The first-order chi connectivity index (χ1) is 10.4. The van der Waals surface area contributed by atoms with Gasteiger partial charge >= 0.3 is 0 Å². The number of hydrogen-bond donors (Lipinski definition) is 1. The molecule has 1 N–H and O–H groups in total. The minimum atomic E-state index is 0.350. The number of piperazine rings is 1. The molecule has 0 aromatic heterocycles. The van der Waals surface area contributed by atoms with Crippen molar-refractivity contribution < 1.29 is 5.11 Å². The Bertz CT molecular complexity index is 267.